The van der Waals surface area contributed by atoms with Crippen molar-refractivity contribution in [1.29, 1.82) is 0 Å². The Balaban J connectivity index is 2.42. The Labute approximate surface area is 117 Å². The van der Waals surface area contributed by atoms with Gasteiger partial charge in [-0.3, -0.25) is 0 Å². The molecule has 0 fully saturated rings. The average Bonchev–Trinajstić information content (AvgIpc) is 2.39. The van der Waals surface area contributed by atoms with Gasteiger partial charge in [-0.15, -0.1) is 0 Å². The predicted molar refractivity (Wildman–Crippen MR) is 78.7 cm³/mol. The molecule has 0 amide bonds. The first kappa shape index (κ1) is 13.8. The number of hydrogen-bond donors (Lipinski definition) is 1. The first-order chi connectivity index (χ1) is 9.13. The van der Waals surface area contributed by atoms with Crippen molar-refractivity contribution < 1.29 is 4.39 Å². The maximum atomic E-state index is 13.0. The molecule has 2 aromatic rings. The summed E-state index contributed by atoms with van der Waals surface area (Å²) in [7, 11) is 1.91. The molecule has 4 heteroatoms. The van der Waals surface area contributed by atoms with E-state index in [4.69, 9.17) is 17.3 Å². The van der Waals surface area contributed by atoms with Crippen molar-refractivity contribution >= 4 is 23.0 Å². The second kappa shape index (κ2) is 6.04. The molecule has 0 spiro atoms. The quantitative estimate of drug-likeness (QED) is 0.923. The molecular formula is C15H16ClFN2. The minimum atomic E-state index is -0.251. The Bertz CT molecular complexity index is 555. The summed E-state index contributed by atoms with van der Waals surface area (Å²) in [5, 5.41) is 0.665. The Hall–Kier alpha value is -1.58. The van der Waals surface area contributed by atoms with Gasteiger partial charge in [-0.25, -0.2) is 4.39 Å². The Kier molecular flexibility index (Phi) is 4.40. The van der Waals surface area contributed by atoms with E-state index in [9.17, 15) is 4.39 Å². The monoisotopic (exact) mass is 278 g/mol. The standard InChI is InChI=1S/C15H16ClFN2/c1-19(13-7-5-12(17)6-8-13)15-11(9-10-18)3-2-4-14(15)16/h2-8H,9-10,18H2,1H3. The zero-order valence-corrected chi connectivity index (χ0v) is 11.5. The number of para-hydroxylation sites is 1. The van der Waals surface area contributed by atoms with E-state index in [-0.39, 0.29) is 5.82 Å². The minimum absolute atomic E-state index is 0.251. The van der Waals surface area contributed by atoms with Crippen LogP contribution in [0, 0.1) is 5.82 Å². The highest BCUT2D eigenvalue weighted by Gasteiger charge is 2.12. The van der Waals surface area contributed by atoms with Crippen molar-refractivity contribution in [3.05, 3.63) is 58.9 Å². The van der Waals surface area contributed by atoms with Gasteiger partial charge in [0.25, 0.3) is 0 Å². The molecule has 2 nitrogen and oxygen atoms in total. The van der Waals surface area contributed by atoms with Crippen LogP contribution in [0.5, 0.6) is 0 Å². The SMILES string of the molecule is CN(c1ccc(F)cc1)c1c(Cl)cccc1CCN. The van der Waals surface area contributed by atoms with E-state index in [0.717, 1.165) is 23.4 Å². The van der Waals surface area contributed by atoms with Gasteiger partial charge in [0.15, 0.2) is 0 Å². The third-order valence-electron chi connectivity index (χ3n) is 3.03. The molecule has 19 heavy (non-hydrogen) atoms. The van der Waals surface area contributed by atoms with Gasteiger partial charge >= 0.3 is 0 Å². The van der Waals surface area contributed by atoms with Crippen molar-refractivity contribution in [2.75, 3.05) is 18.5 Å². The highest BCUT2D eigenvalue weighted by Crippen LogP contribution is 2.34. The lowest BCUT2D eigenvalue weighted by Gasteiger charge is -2.24. The maximum Gasteiger partial charge on any atom is 0.123 e. The number of rotatable bonds is 4. The predicted octanol–water partition coefficient (Wildman–Crippen LogP) is 3.75. The Morgan fingerprint density at radius 1 is 1.16 bits per heavy atom. The van der Waals surface area contributed by atoms with Gasteiger partial charge in [-0.05, 0) is 48.9 Å². The molecule has 0 aromatic heterocycles. The summed E-state index contributed by atoms with van der Waals surface area (Å²) in [4.78, 5) is 1.95. The van der Waals surface area contributed by atoms with Crippen LogP contribution in [0.3, 0.4) is 0 Å². The Morgan fingerprint density at radius 2 is 1.84 bits per heavy atom. The van der Waals surface area contributed by atoms with E-state index in [0.29, 0.717) is 11.6 Å². The molecule has 0 aliphatic rings. The number of halogens is 2. The molecule has 0 radical (unpaired) electrons. The van der Waals surface area contributed by atoms with Crippen LogP contribution in [-0.4, -0.2) is 13.6 Å². The van der Waals surface area contributed by atoms with E-state index >= 15 is 0 Å². The van der Waals surface area contributed by atoms with E-state index in [2.05, 4.69) is 0 Å². The second-order valence-electron chi connectivity index (χ2n) is 4.32. The molecule has 0 unspecified atom stereocenters. The molecule has 2 N–H and O–H groups in total. The number of benzene rings is 2. The summed E-state index contributed by atoms with van der Waals surface area (Å²) in [5.41, 5.74) is 8.51. The largest absolute Gasteiger partial charge is 0.343 e. The number of nitrogens with two attached hydrogens (primary N) is 1. The van der Waals surface area contributed by atoms with E-state index < -0.39 is 0 Å². The fourth-order valence-corrected chi connectivity index (χ4v) is 2.41. The van der Waals surface area contributed by atoms with Crippen LogP contribution in [0.2, 0.25) is 5.02 Å². The molecule has 0 heterocycles. The normalized spacial score (nSPS) is 10.5. The smallest absolute Gasteiger partial charge is 0.123 e. The van der Waals surface area contributed by atoms with Crippen LogP contribution in [0.4, 0.5) is 15.8 Å². The Morgan fingerprint density at radius 3 is 2.47 bits per heavy atom. The second-order valence-corrected chi connectivity index (χ2v) is 4.73. The first-order valence-electron chi connectivity index (χ1n) is 6.10. The van der Waals surface area contributed by atoms with Crippen LogP contribution < -0.4 is 10.6 Å². The highest BCUT2D eigenvalue weighted by atomic mass is 35.5. The molecule has 0 aliphatic carbocycles. The van der Waals surface area contributed by atoms with Crippen LogP contribution >= 0.6 is 11.6 Å². The fraction of sp³-hybridized carbons (Fsp3) is 0.200. The summed E-state index contributed by atoms with van der Waals surface area (Å²) in [6.07, 6.45) is 0.751. The van der Waals surface area contributed by atoms with Crippen molar-refractivity contribution in [1.82, 2.24) is 0 Å². The molecule has 2 aromatic carbocycles. The lowest BCUT2D eigenvalue weighted by Crippen LogP contribution is -2.14. The molecule has 0 bridgehead atoms. The van der Waals surface area contributed by atoms with E-state index in [1.165, 1.54) is 12.1 Å². The average molecular weight is 279 g/mol. The third-order valence-corrected chi connectivity index (χ3v) is 3.34. The van der Waals surface area contributed by atoms with Gasteiger partial charge in [0.2, 0.25) is 0 Å². The van der Waals surface area contributed by atoms with Gasteiger partial charge in [0, 0.05) is 12.7 Å². The lowest BCUT2D eigenvalue weighted by atomic mass is 10.1. The van der Waals surface area contributed by atoms with Crippen molar-refractivity contribution in [2.45, 2.75) is 6.42 Å². The first-order valence-corrected chi connectivity index (χ1v) is 6.48. The molecule has 0 aliphatic heterocycles. The molecule has 0 saturated heterocycles. The zero-order valence-electron chi connectivity index (χ0n) is 10.7. The number of hydrogen-bond acceptors (Lipinski definition) is 2. The summed E-state index contributed by atoms with van der Waals surface area (Å²) in [5.74, 6) is -0.251. The summed E-state index contributed by atoms with van der Waals surface area (Å²) < 4.78 is 13.0. The van der Waals surface area contributed by atoms with Crippen LogP contribution in [0.25, 0.3) is 0 Å². The van der Waals surface area contributed by atoms with Crippen LogP contribution in [0.1, 0.15) is 5.56 Å². The minimum Gasteiger partial charge on any atom is -0.343 e. The van der Waals surface area contributed by atoms with E-state index in [1.54, 1.807) is 12.1 Å². The van der Waals surface area contributed by atoms with Crippen molar-refractivity contribution in [2.24, 2.45) is 5.73 Å². The van der Waals surface area contributed by atoms with Gasteiger partial charge in [0.1, 0.15) is 5.82 Å². The van der Waals surface area contributed by atoms with Gasteiger partial charge in [-0.1, -0.05) is 23.7 Å². The topological polar surface area (TPSA) is 29.3 Å². The van der Waals surface area contributed by atoms with Gasteiger partial charge < -0.3 is 10.6 Å². The fourth-order valence-electron chi connectivity index (χ4n) is 2.09. The van der Waals surface area contributed by atoms with Crippen molar-refractivity contribution in [3.63, 3.8) is 0 Å². The summed E-state index contributed by atoms with van der Waals surface area (Å²) in [6.45, 7) is 0.560. The highest BCUT2D eigenvalue weighted by molar-refractivity contribution is 6.33. The van der Waals surface area contributed by atoms with Gasteiger partial charge in [-0.2, -0.15) is 0 Å². The van der Waals surface area contributed by atoms with Crippen LogP contribution in [-0.2, 0) is 6.42 Å². The molecule has 0 saturated carbocycles. The molecule has 100 valence electrons. The van der Waals surface area contributed by atoms with Crippen molar-refractivity contribution in [3.8, 4) is 0 Å². The molecule has 2 rings (SSSR count). The summed E-state index contributed by atoms with van der Waals surface area (Å²) >= 11 is 6.28. The number of anilines is 2. The third kappa shape index (κ3) is 3.06. The van der Waals surface area contributed by atoms with Gasteiger partial charge in [0.05, 0.1) is 10.7 Å². The summed E-state index contributed by atoms with van der Waals surface area (Å²) in [6, 6.07) is 12.1. The molecular weight excluding hydrogens is 263 g/mol. The lowest BCUT2D eigenvalue weighted by molar-refractivity contribution is 0.628. The van der Waals surface area contributed by atoms with Crippen LogP contribution in [0.15, 0.2) is 42.5 Å². The number of nitrogens with zero attached hydrogens (tertiary/aromatic N) is 1. The molecule has 0 atom stereocenters. The van der Waals surface area contributed by atoms with E-state index in [1.807, 2.05) is 30.1 Å². The zero-order chi connectivity index (χ0) is 13.8. The maximum absolute atomic E-state index is 13.0.